The average Bonchev–Trinajstić information content (AvgIpc) is 3.76. The molecular formula is C39H38N2O5. The Morgan fingerprint density at radius 1 is 0.609 bits per heavy atom. The summed E-state index contributed by atoms with van der Waals surface area (Å²) in [5.74, 6) is 0.668. The third-order valence-electron chi connectivity index (χ3n) is 8.78. The quantitative estimate of drug-likeness (QED) is 0.161. The molecule has 234 valence electrons. The first kappa shape index (κ1) is 30.3. The SMILES string of the molecule is OC[C@@H](c1ccccc1)N1[C@@H]2C(c3ccco3)=N[C@H]1[C@@H](OCc1ccccc1)[C@H](OCc1ccccc1)[C@H]2OCc1ccccc1. The summed E-state index contributed by atoms with van der Waals surface area (Å²) >= 11 is 0. The molecule has 2 aliphatic rings. The molecule has 1 saturated heterocycles. The number of hydrogen-bond acceptors (Lipinski definition) is 7. The average molecular weight is 615 g/mol. The second kappa shape index (κ2) is 14.4. The van der Waals surface area contributed by atoms with Crippen molar-refractivity contribution in [3.63, 3.8) is 0 Å². The summed E-state index contributed by atoms with van der Waals surface area (Å²) in [6.07, 6.45) is -0.317. The lowest BCUT2D eigenvalue weighted by atomic mass is 9.87. The molecule has 0 saturated carbocycles. The number of hydrogen-bond donors (Lipinski definition) is 1. The van der Waals surface area contributed by atoms with Crippen molar-refractivity contribution in [2.45, 2.75) is 56.4 Å². The Balaban J connectivity index is 1.33. The standard InChI is InChI=1S/C39H38N2O5/c42-24-32(31-20-11-4-12-21-31)41-35-34(33-22-13-23-43-33)40-39(41)38(46-27-30-18-9-3-10-19-30)37(45-26-29-16-7-2-8-17-29)36(35)44-25-28-14-5-1-6-15-28/h1-23,32,35-39,42H,24-27H2/t32-,35+,36-,37+,38-,39+/m0/s1. The number of rotatable bonds is 13. The minimum atomic E-state index is -0.522. The maximum absolute atomic E-state index is 11.0. The molecule has 46 heavy (non-hydrogen) atoms. The molecule has 5 aromatic rings. The molecule has 6 atom stereocenters. The number of fused-ring (bicyclic) bond motifs is 2. The van der Waals surface area contributed by atoms with Gasteiger partial charge in [0.1, 0.15) is 30.2 Å². The first-order valence-corrected chi connectivity index (χ1v) is 15.8. The fourth-order valence-corrected chi connectivity index (χ4v) is 6.61. The zero-order valence-electron chi connectivity index (χ0n) is 25.5. The van der Waals surface area contributed by atoms with Gasteiger partial charge in [-0.05, 0) is 34.4 Å². The third-order valence-corrected chi connectivity index (χ3v) is 8.78. The van der Waals surface area contributed by atoms with Gasteiger partial charge in [0.2, 0.25) is 0 Å². The van der Waals surface area contributed by atoms with Crippen molar-refractivity contribution in [1.29, 1.82) is 0 Å². The Kier molecular flexibility index (Phi) is 9.47. The number of piperidine rings is 1. The van der Waals surface area contributed by atoms with Gasteiger partial charge in [-0.1, -0.05) is 121 Å². The van der Waals surface area contributed by atoms with Crippen LogP contribution in [-0.2, 0) is 34.0 Å². The van der Waals surface area contributed by atoms with E-state index in [1.807, 2.05) is 97.1 Å². The van der Waals surface area contributed by atoms with Gasteiger partial charge < -0.3 is 23.7 Å². The predicted molar refractivity (Wildman–Crippen MR) is 176 cm³/mol. The molecular weight excluding hydrogens is 576 g/mol. The number of aliphatic hydroxyl groups excluding tert-OH is 1. The van der Waals surface area contributed by atoms with Crippen molar-refractivity contribution in [3.05, 3.63) is 168 Å². The van der Waals surface area contributed by atoms with E-state index in [0.29, 0.717) is 25.6 Å². The van der Waals surface area contributed by atoms with E-state index in [0.717, 1.165) is 28.0 Å². The van der Waals surface area contributed by atoms with Crippen LogP contribution in [0.5, 0.6) is 0 Å². The van der Waals surface area contributed by atoms with E-state index in [4.69, 9.17) is 23.6 Å². The first-order chi connectivity index (χ1) is 22.8. The van der Waals surface area contributed by atoms with Crippen molar-refractivity contribution in [3.8, 4) is 0 Å². The van der Waals surface area contributed by atoms with Gasteiger partial charge in [-0.25, -0.2) is 0 Å². The Morgan fingerprint density at radius 3 is 1.61 bits per heavy atom. The van der Waals surface area contributed by atoms with Crippen LogP contribution in [0.3, 0.4) is 0 Å². The van der Waals surface area contributed by atoms with Crippen LogP contribution in [0.1, 0.15) is 34.1 Å². The van der Waals surface area contributed by atoms with Gasteiger partial charge in [0.05, 0.1) is 50.5 Å². The Bertz CT molecular complexity index is 1670. The molecule has 0 spiro atoms. The summed E-state index contributed by atoms with van der Waals surface area (Å²) in [6, 6.07) is 43.6. The van der Waals surface area contributed by atoms with Crippen LogP contribution in [-0.4, -0.2) is 52.8 Å². The van der Waals surface area contributed by atoms with Crippen LogP contribution in [0.2, 0.25) is 0 Å². The zero-order chi connectivity index (χ0) is 31.1. The Morgan fingerprint density at radius 2 is 1.11 bits per heavy atom. The fraction of sp³-hybridized carbons (Fsp3) is 0.256. The van der Waals surface area contributed by atoms with E-state index in [2.05, 4.69) is 41.3 Å². The maximum Gasteiger partial charge on any atom is 0.149 e. The fourth-order valence-electron chi connectivity index (χ4n) is 6.61. The summed E-state index contributed by atoms with van der Waals surface area (Å²) in [5.41, 5.74) is 4.92. The van der Waals surface area contributed by atoms with Gasteiger partial charge in [0.25, 0.3) is 0 Å². The summed E-state index contributed by atoms with van der Waals surface area (Å²) in [6.45, 7) is 1.03. The number of benzene rings is 4. The van der Waals surface area contributed by atoms with Crippen LogP contribution in [0.4, 0.5) is 0 Å². The largest absolute Gasteiger partial charge is 0.463 e. The van der Waals surface area contributed by atoms with E-state index in [1.54, 1.807) is 6.26 Å². The zero-order valence-corrected chi connectivity index (χ0v) is 25.5. The third kappa shape index (κ3) is 6.47. The second-order valence-corrected chi connectivity index (χ2v) is 11.7. The number of ether oxygens (including phenoxy) is 3. The van der Waals surface area contributed by atoms with Crippen LogP contribution >= 0.6 is 0 Å². The van der Waals surface area contributed by atoms with Crippen LogP contribution < -0.4 is 0 Å². The summed E-state index contributed by atoms with van der Waals surface area (Å²) < 4.78 is 26.6. The van der Waals surface area contributed by atoms with Crippen molar-refractivity contribution in [2.24, 2.45) is 4.99 Å². The van der Waals surface area contributed by atoms with Gasteiger partial charge in [0, 0.05) is 0 Å². The lowest BCUT2D eigenvalue weighted by Gasteiger charge is -2.50. The molecule has 1 fully saturated rings. The molecule has 7 rings (SSSR count). The molecule has 0 amide bonds. The topological polar surface area (TPSA) is 76.7 Å². The van der Waals surface area contributed by atoms with Gasteiger partial charge in [-0.3, -0.25) is 9.89 Å². The van der Waals surface area contributed by atoms with E-state index in [-0.39, 0.29) is 18.7 Å². The first-order valence-electron chi connectivity index (χ1n) is 15.8. The number of aliphatic imine (C=N–C) groups is 1. The number of nitrogens with zero attached hydrogens (tertiary/aromatic N) is 2. The van der Waals surface area contributed by atoms with Gasteiger partial charge in [0.15, 0.2) is 0 Å². The maximum atomic E-state index is 11.0. The van der Waals surface area contributed by atoms with Crippen molar-refractivity contribution < 1.29 is 23.7 Å². The van der Waals surface area contributed by atoms with Crippen molar-refractivity contribution >= 4 is 5.71 Å². The normalized spacial score (nSPS) is 23.2. The van der Waals surface area contributed by atoms with Crippen LogP contribution in [0.15, 0.2) is 149 Å². The Hall–Kier alpha value is -4.37. The summed E-state index contributed by atoms with van der Waals surface area (Å²) in [7, 11) is 0. The molecule has 2 bridgehead atoms. The van der Waals surface area contributed by atoms with E-state index in [1.165, 1.54) is 0 Å². The molecule has 4 aromatic carbocycles. The molecule has 0 aliphatic carbocycles. The highest BCUT2D eigenvalue weighted by Gasteiger charge is 2.59. The monoisotopic (exact) mass is 614 g/mol. The van der Waals surface area contributed by atoms with Crippen LogP contribution in [0.25, 0.3) is 0 Å². The minimum Gasteiger partial charge on any atom is -0.463 e. The van der Waals surface area contributed by atoms with Gasteiger partial charge in [-0.15, -0.1) is 0 Å². The molecule has 0 radical (unpaired) electrons. The highest BCUT2D eigenvalue weighted by atomic mass is 16.6. The van der Waals surface area contributed by atoms with E-state index < -0.39 is 24.5 Å². The van der Waals surface area contributed by atoms with Gasteiger partial charge >= 0.3 is 0 Å². The minimum absolute atomic E-state index is 0.107. The Labute approximate surface area is 269 Å². The molecule has 1 N–H and O–H groups in total. The number of aliphatic hydroxyl groups is 1. The molecule has 1 aromatic heterocycles. The van der Waals surface area contributed by atoms with Crippen molar-refractivity contribution in [1.82, 2.24) is 4.90 Å². The van der Waals surface area contributed by atoms with E-state index >= 15 is 0 Å². The summed E-state index contributed by atoms with van der Waals surface area (Å²) in [5, 5.41) is 11.0. The van der Waals surface area contributed by atoms with E-state index in [9.17, 15) is 5.11 Å². The smallest absolute Gasteiger partial charge is 0.149 e. The van der Waals surface area contributed by atoms with Crippen LogP contribution in [0, 0.1) is 0 Å². The lowest BCUT2D eigenvalue weighted by Crippen LogP contribution is -2.66. The molecule has 0 unspecified atom stereocenters. The van der Waals surface area contributed by atoms with Crippen molar-refractivity contribution in [2.75, 3.05) is 6.61 Å². The second-order valence-electron chi connectivity index (χ2n) is 11.7. The molecule has 2 aliphatic heterocycles. The molecule has 3 heterocycles. The van der Waals surface area contributed by atoms with Gasteiger partial charge in [-0.2, -0.15) is 0 Å². The summed E-state index contributed by atoms with van der Waals surface area (Å²) in [4.78, 5) is 7.58. The molecule has 7 heteroatoms. The highest BCUT2D eigenvalue weighted by molar-refractivity contribution is 6.04. The molecule has 7 nitrogen and oxygen atoms in total. The predicted octanol–water partition coefficient (Wildman–Crippen LogP) is 6.58. The number of furan rings is 1. The lowest BCUT2D eigenvalue weighted by molar-refractivity contribution is -0.213. The highest BCUT2D eigenvalue weighted by Crippen LogP contribution is 2.43.